The number of carbonyl (C=O) groups is 1. The summed E-state index contributed by atoms with van der Waals surface area (Å²) in [5.74, 6) is 0.389. The lowest BCUT2D eigenvalue weighted by molar-refractivity contribution is -0.127. The number of nitrogens with zero attached hydrogens (tertiary/aromatic N) is 3. The molecule has 0 aromatic carbocycles. The lowest BCUT2D eigenvalue weighted by Crippen LogP contribution is -2.47. The maximum atomic E-state index is 12.8. The second kappa shape index (κ2) is 7.65. The van der Waals surface area contributed by atoms with E-state index >= 15 is 0 Å². The number of hydrogen-bond donors (Lipinski definition) is 3. The largest absolute Gasteiger partial charge is 0.352 e. The Morgan fingerprint density at radius 3 is 2.88 bits per heavy atom. The summed E-state index contributed by atoms with van der Waals surface area (Å²) in [4.78, 5) is 16.8. The van der Waals surface area contributed by atoms with E-state index in [1.807, 2.05) is 12.1 Å². The summed E-state index contributed by atoms with van der Waals surface area (Å²) < 4.78 is 0. The van der Waals surface area contributed by atoms with Crippen LogP contribution in [0.5, 0.6) is 0 Å². The lowest BCUT2D eigenvalue weighted by atomic mass is 9.73. The van der Waals surface area contributed by atoms with Crippen LogP contribution >= 0.6 is 11.6 Å². The zero-order valence-electron chi connectivity index (χ0n) is 14.2. The molecular formula is C18H21ClN6O. The highest BCUT2D eigenvalue weighted by Gasteiger charge is 2.45. The number of hydrazine groups is 1. The van der Waals surface area contributed by atoms with Gasteiger partial charge in [-0.3, -0.25) is 10.2 Å². The normalized spacial score (nSPS) is 27.7. The maximum Gasteiger partial charge on any atom is 0.225 e. The summed E-state index contributed by atoms with van der Waals surface area (Å²) in [5.41, 5.74) is 8.76. The Morgan fingerprint density at radius 2 is 2.12 bits per heavy atom. The minimum Gasteiger partial charge on any atom is -0.352 e. The van der Waals surface area contributed by atoms with E-state index in [0.29, 0.717) is 17.6 Å². The predicted molar refractivity (Wildman–Crippen MR) is 96.8 cm³/mol. The van der Waals surface area contributed by atoms with Crippen LogP contribution in [0.25, 0.3) is 0 Å². The third-order valence-electron chi connectivity index (χ3n) is 5.34. The molecule has 0 radical (unpaired) electrons. The molecule has 7 nitrogen and oxygen atoms in total. The summed E-state index contributed by atoms with van der Waals surface area (Å²) in [6.07, 6.45) is 8.20. The first-order chi connectivity index (χ1) is 12.7. The molecule has 4 atom stereocenters. The van der Waals surface area contributed by atoms with Gasteiger partial charge in [-0.15, -0.1) is 0 Å². The van der Waals surface area contributed by atoms with Crippen molar-refractivity contribution in [2.45, 2.75) is 37.9 Å². The third-order valence-corrected chi connectivity index (χ3v) is 5.56. The Balaban J connectivity index is 1.41. The first-order valence-electron chi connectivity index (χ1n) is 8.88. The number of amides is 1. The predicted octanol–water partition coefficient (Wildman–Crippen LogP) is 1.78. The van der Waals surface area contributed by atoms with Crippen LogP contribution in [0.15, 0.2) is 36.8 Å². The van der Waals surface area contributed by atoms with Crippen molar-refractivity contribution in [2.24, 2.45) is 11.8 Å². The topological polar surface area (TPSA) is 91.8 Å². The lowest BCUT2D eigenvalue weighted by Gasteiger charge is -2.33. The molecule has 2 aromatic heterocycles. The van der Waals surface area contributed by atoms with Crippen molar-refractivity contribution < 1.29 is 4.79 Å². The van der Waals surface area contributed by atoms with Crippen molar-refractivity contribution >= 4 is 17.5 Å². The Bertz CT molecular complexity index is 756. The van der Waals surface area contributed by atoms with E-state index < -0.39 is 0 Å². The van der Waals surface area contributed by atoms with Crippen LogP contribution in [-0.4, -0.2) is 27.1 Å². The highest BCUT2D eigenvalue weighted by atomic mass is 35.5. The fourth-order valence-electron chi connectivity index (χ4n) is 4.05. The van der Waals surface area contributed by atoms with Crippen LogP contribution in [0.4, 0.5) is 0 Å². The summed E-state index contributed by atoms with van der Waals surface area (Å²) in [7, 11) is 0. The van der Waals surface area contributed by atoms with Crippen LogP contribution in [0.2, 0.25) is 5.15 Å². The van der Waals surface area contributed by atoms with Crippen LogP contribution < -0.4 is 16.2 Å². The van der Waals surface area contributed by atoms with Gasteiger partial charge in [0.15, 0.2) is 0 Å². The number of pyridine rings is 1. The van der Waals surface area contributed by atoms with Gasteiger partial charge in [0.2, 0.25) is 5.91 Å². The van der Waals surface area contributed by atoms with Crippen molar-refractivity contribution in [2.75, 3.05) is 0 Å². The Morgan fingerprint density at radius 1 is 1.19 bits per heavy atom. The van der Waals surface area contributed by atoms with E-state index in [0.717, 1.165) is 30.4 Å². The van der Waals surface area contributed by atoms with Crippen LogP contribution in [0.3, 0.4) is 0 Å². The number of hydrogen-bond acceptors (Lipinski definition) is 6. The van der Waals surface area contributed by atoms with Gasteiger partial charge in [-0.1, -0.05) is 24.1 Å². The number of nitrogens with one attached hydrogen (secondary N) is 3. The molecule has 1 saturated heterocycles. The van der Waals surface area contributed by atoms with E-state index in [-0.39, 0.29) is 23.9 Å². The van der Waals surface area contributed by atoms with Gasteiger partial charge in [-0.25, -0.2) is 10.4 Å². The van der Waals surface area contributed by atoms with Crippen molar-refractivity contribution in [3.63, 3.8) is 0 Å². The van der Waals surface area contributed by atoms with Crippen LogP contribution in [-0.2, 0) is 11.3 Å². The summed E-state index contributed by atoms with van der Waals surface area (Å²) in [5, 5.41) is 11.3. The first-order valence-corrected chi connectivity index (χ1v) is 9.26. The first kappa shape index (κ1) is 17.3. The molecule has 26 heavy (non-hydrogen) atoms. The molecule has 136 valence electrons. The molecule has 3 heterocycles. The zero-order chi connectivity index (χ0) is 17.9. The molecule has 0 bridgehead atoms. The van der Waals surface area contributed by atoms with Crippen molar-refractivity contribution in [3.8, 4) is 0 Å². The van der Waals surface area contributed by atoms with Gasteiger partial charge in [0.25, 0.3) is 0 Å². The summed E-state index contributed by atoms with van der Waals surface area (Å²) in [6, 6.07) is 5.86. The molecular weight excluding hydrogens is 352 g/mol. The Hall–Kier alpha value is -2.09. The number of halogens is 1. The van der Waals surface area contributed by atoms with E-state index in [1.165, 1.54) is 0 Å². The van der Waals surface area contributed by atoms with Crippen molar-refractivity contribution in [3.05, 3.63) is 53.1 Å². The Labute approximate surface area is 156 Å². The molecule has 1 aliphatic carbocycles. The fraction of sp³-hybridized carbons (Fsp3) is 0.444. The Kier molecular flexibility index (Phi) is 5.10. The molecule has 3 N–H and O–H groups in total. The molecule has 4 rings (SSSR count). The number of aromatic nitrogens is 3. The van der Waals surface area contributed by atoms with Crippen molar-refractivity contribution in [1.82, 2.24) is 31.3 Å². The molecule has 1 amide bonds. The number of rotatable bonds is 4. The van der Waals surface area contributed by atoms with Gasteiger partial charge >= 0.3 is 0 Å². The van der Waals surface area contributed by atoms with Gasteiger partial charge in [-0.2, -0.15) is 10.2 Å². The molecule has 1 aliphatic heterocycles. The number of carbonyl (C=O) groups excluding carboxylic acids is 1. The molecule has 2 aromatic rings. The third kappa shape index (κ3) is 3.56. The standard InChI is InChI=1S/C18H21ClN6O/c19-15-5-4-11(8-20-15)9-21-18(26)14-3-1-2-13-16(24-25-17(13)14)12-6-7-22-23-10-12/h4-8,10,13-14,16-17,24-25H,1-3,9H2,(H,21,26). The molecule has 4 unspecified atom stereocenters. The summed E-state index contributed by atoms with van der Waals surface area (Å²) >= 11 is 5.80. The van der Waals surface area contributed by atoms with Gasteiger partial charge in [0.05, 0.1) is 18.2 Å². The quantitative estimate of drug-likeness (QED) is 0.708. The molecule has 2 aliphatic rings. The maximum absolute atomic E-state index is 12.8. The monoisotopic (exact) mass is 372 g/mol. The van der Waals surface area contributed by atoms with E-state index in [4.69, 9.17) is 11.6 Å². The highest BCUT2D eigenvalue weighted by Crippen LogP contribution is 2.40. The fourth-order valence-corrected chi connectivity index (χ4v) is 4.16. The van der Waals surface area contributed by atoms with Gasteiger partial charge in [-0.05, 0) is 42.0 Å². The summed E-state index contributed by atoms with van der Waals surface area (Å²) in [6.45, 7) is 0.460. The van der Waals surface area contributed by atoms with Gasteiger partial charge in [0.1, 0.15) is 5.15 Å². The van der Waals surface area contributed by atoms with E-state index in [2.05, 4.69) is 31.3 Å². The molecule has 1 saturated carbocycles. The minimum atomic E-state index is -0.0543. The van der Waals surface area contributed by atoms with Crippen molar-refractivity contribution in [1.29, 1.82) is 0 Å². The minimum absolute atomic E-state index is 0.0543. The smallest absolute Gasteiger partial charge is 0.225 e. The van der Waals surface area contributed by atoms with Gasteiger partial charge < -0.3 is 5.32 Å². The van der Waals surface area contributed by atoms with Crippen LogP contribution in [0.1, 0.15) is 36.4 Å². The van der Waals surface area contributed by atoms with E-state index in [1.54, 1.807) is 24.7 Å². The second-order valence-corrected chi connectivity index (χ2v) is 7.26. The molecule has 8 heteroatoms. The second-order valence-electron chi connectivity index (χ2n) is 6.88. The SMILES string of the molecule is O=C(NCc1ccc(Cl)nc1)C1CCCC2C(c3ccnnc3)NNC12. The molecule has 0 spiro atoms. The van der Waals surface area contributed by atoms with E-state index in [9.17, 15) is 4.79 Å². The van der Waals surface area contributed by atoms with Gasteiger partial charge in [0, 0.05) is 25.0 Å². The number of fused-ring (bicyclic) bond motifs is 1. The highest BCUT2D eigenvalue weighted by molar-refractivity contribution is 6.29. The zero-order valence-corrected chi connectivity index (χ0v) is 15.0. The van der Waals surface area contributed by atoms with Crippen LogP contribution in [0, 0.1) is 11.8 Å². The average molecular weight is 373 g/mol. The average Bonchev–Trinajstić information content (AvgIpc) is 3.12. The molecule has 2 fully saturated rings.